The van der Waals surface area contributed by atoms with E-state index in [0.717, 1.165) is 47.4 Å². The van der Waals surface area contributed by atoms with Gasteiger partial charge in [0.1, 0.15) is 29.0 Å². The number of carbonyl (C=O) groups is 3. The van der Waals surface area contributed by atoms with Crippen molar-refractivity contribution >= 4 is 30.8 Å². The summed E-state index contributed by atoms with van der Waals surface area (Å²) in [7, 11) is 0.854. The number of methoxy groups -OCH3 is 3. The molecule has 528 valence electrons. The minimum absolute atomic E-state index is 0.0433. The van der Waals surface area contributed by atoms with Crippen molar-refractivity contribution in [1.82, 2.24) is 28.7 Å². The number of nitriles is 1. The van der Waals surface area contributed by atoms with Gasteiger partial charge in [0.15, 0.2) is 25.9 Å². The van der Waals surface area contributed by atoms with E-state index in [4.69, 9.17) is 28.4 Å². The number of rotatable bonds is 38. The summed E-state index contributed by atoms with van der Waals surface area (Å²) < 4.78 is 76.0. The molecule has 3 amide bonds. The van der Waals surface area contributed by atoms with Crippen molar-refractivity contribution in [1.29, 1.82) is 5.26 Å². The maximum absolute atomic E-state index is 18.1. The van der Waals surface area contributed by atoms with Gasteiger partial charge in [0.2, 0.25) is 11.8 Å². The number of amides is 3. The van der Waals surface area contributed by atoms with E-state index in [9.17, 15) is 24.4 Å². The molecule has 0 unspecified atom stereocenters. The Balaban J connectivity index is 1.19. The maximum Gasteiger partial charge on any atom is 0.351 e. The fourth-order valence-electron chi connectivity index (χ4n) is 13.8. The van der Waals surface area contributed by atoms with E-state index in [0.29, 0.717) is 46.6 Å². The quantitative estimate of drug-likeness (QED) is 0.0207. The normalized spacial score (nSPS) is 19.4. The minimum Gasteiger partial charge on any atom is -0.497 e. The largest absolute Gasteiger partial charge is 0.497 e. The van der Waals surface area contributed by atoms with Crippen LogP contribution in [0.3, 0.4) is 0 Å². The van der Waals surface area contributed by atoms with Gasteiger partial charge >= 0.3 is 11.4 Å². The first-order chi connectivity index (χ1) is 47.3. The zero-order chi connectivity index (χ0) is 70.4. The average molecular weight is 1370 g/mol. The highest BCUT2D eigenvalue weighted by Gasteiger charge is 2.56. The molecule has 4 heterocycles. The lowest BCUT2D eigenvalue weighted by Crippen LogP contribution is -2.52. The number of hydrogen-bond donors (Lipinski definition) is 2. The van der Waals surface area contributed by atoms with Crippen molar-refractivity contribution in [3.05, 3.63) is 187 Å². The molecule has 6 aromatic rings. The van der Waals surface area contributed by atoms with E-state index < -0.39 is 121 Å². The van der Waals surface area contributed by atoms with Crippen LogP contribution in [0.1, 0.15) is 183 Å². The number of unbranched alkanes of at least 4 members (excludes halogenated alkanes) is 13. The molecule has 0 saturated carbocycles. The third-order valence-electron chi connectivity index (χ3n) is 19.0. The van der Waals surface area contributed by atoms with Crippen LogP contribution in [-0.4, -0.2) is 129 Å². The number of aromatic nitrogens is 4. The first-order valence-electron chi connectivity index (χ1n) is 34.6. The van der Waals surface area contributed by atoms with Crippen LogP contribution >= 0.6 is 7.29 Å². The fourth-order valence-corrected chi connectivity index (χ4v) is 17.3. The summed E-state index contributed by atoms with van der Waals surface area (Å²) in [6, 6.07) is 35.8. The molecule has 4 aromatic carbocycles. The van der Waals surface area contributed by atoms with Gasteiger partial charge in [-0.15, -0.1) is 0 Å². The highest BCUT2D eigenvalue weighted by molar-refractivity contribution is 7.62. The van der Waals surface area contributed by atoms with Crippen LogP contribution < -0.4 is 31.7 Å². The zero-order valence-electron chi connectivity index (χ0n) is 57.9. The van der Waals surface area contributed by atoms with Gasteiger partial charge in [-0.1, -0.05) is 191 Å². The summed E-state index contributed by atoms with van der Waals surface area (Å²) in [4.78, 5) is 92.7. The van der Waals surface area contributed by atoms with E-state index in [1.165, 1.54) is 80.0 Å². The van der Waals surface area contributed by atoms with Crippen molar-refractivity contribution in [3.8, 4) is 17.6 Å². The third-order valence-corrected chi connectivity index (χ3v) is 23.2. The van der Waals surface area contributed by atoms with E-state index in [2.05, 4.69) is 28.3 Å². The Morgan fingerprint density at radius 1 is 0.694 bits per heavy atom. The Hall–Kier alpha value is -7.90. The molecule has 2 saturated heterocycles. The number of anilines is 1. The lowest BCUT2D eigenvalue weighted by molar-refractivity contribution is -0.149. The van der Waals surface area contributed by atoms with E-state index >= 15 is 18.5 Å². The topological polar surface area (TPSA) is 256 Å². The van der Waals surface area contributed by atoms with Crippen molar-refractivity contribution < 1.29 is 51.8 Å². The molecule has 2 aliphatic heterocycles. The second-order valence-electron chi connectivity index (χ2n) is 26.0. The number of imide groups is 1. The molecule has 8 rings (SSSR count). The van der Waals surface area contributed by atoms with Crippen LogP contribution in [0.5, 0.6) is 11.5 Å². The molecule has 2 N–H and O–H groups in total. The number of carbonyl (C=O) groups excluding carboxylic acids is 3. The predicted molar refractivity (Wildman–Crippen MR) is 374 cm³/mol. The minimum atomic E-state index is -3.69. The molecular weight excluding hydrogens is 1270 g/mol. The highest BCUT2D eigenvalue weighted by Crippen LogP contribution is 2.61. The Labute approximate surface area is 574 Å². The van der Waals surface area contributed by atoms with Crippen molar-refractivity contribution in [2.24, 2.45) is 5.92 Å². The molecular formula is C75H98FN8O13P. The summed E-state index contributed by atoms with van der Waals surface area (Å²) in [6.07, 6.45) is 7.75. The van der Waals surface area contributed by atoms with Gasteiger partial charge in [-0.05, 0) is 65.6 Å². The first-order valence-corrected chi connectivity index (χ1v) is 36.4. The number of halogens is 1. The second kappa shape index (κ2) is 36.8. The molecule has 8 atom stereocenters. The first kappa shape index (κ1) is 75.9. The second-order valence-corrected chi connectivity index (χ2v) is 29.9. The standard InChI is InChI=1S/C75H98FN8O13P/c1-9-10-11-12-13-14-15-16-17-18-19-20-21-28-34-65(86)83(50-61-68(84(46-29-45-77)98(91,52(2)3)53(4)5)67(76)71(96-61)81-48-44-64(85)80-74(81)90)66(87)49-60-62(97-72(69(60)94-8)82-47-43-63(79-73(82)89)78-70(88)54-30-24-22-25-31-54)51-95-75(55-32-26-23-27-33-55,56-35-39-58(92-6)40-36-56)57-37-41-59(93-7)42-38-57/h22-27,30-33,35-44,47-48,52-53,60-62,67-69,71-72H,9-21,28-29,34,46,49-51H2,1-8H3,(H,80,85,90)(H,78,79,88,89)/t60-,61-,62-,67-,68-,69-,71-,72-/m1/s1. The number of aromatic amines is 1. The van der Waals surface area contributed by atoms with E-state index in [1.807, 2.05) is 78.9 Å². The summed E-state index contributed by atoms with van der Waals surface area (Å²) in [5.74, 6) is -1.78. The monoisotopic (exact) mass is 1370 g/mol. The van der Waals surface area contributed by atoms with Crippen LogP contribution in [0.15, 0.2) is 148 Å². The smallest absolute Gasteiger partial charge is 0.351 e. The lowest BCUT2D eigenvalue weighted by Gasteiger charge is -2.43. The number of nitrogens with zero attached hydrogens (tertiary/aromatic N) is 6. The van der Waals surface area contributed by atoms with Gasteiger partial charge in [-0.2, -0.15) is 10.2 Å². The zero-order valence-corrected chi connectivity index (χ0v) is 58.8. The Morgan fingerprint density at radius 3 is 1.74 bits per heavy atom. The van der Waals surface area contributed by atoms with E-state index in [1.54, 1.807) is 72.2 Å². The molecule has 0 aliphatic carbocycles. The summed E-state index contributed by atoms with van der Waals surface area (Å²) in [5, 5.41) is 12.8. The van der Waals surface area contributed by atoms with Crippen LogP contribution in [0.25, 0.3) is 0 Å². The molecule has 23 heteroatoms. The number of nitrogens with one attached hydrogen (secondary N) is 2. The van der Waals surface area contributed by atoms with Crippen LogP contribution in [0.2, 0.25) is 0 Å². The van der Waals surface area contributed by atoms with Gasteiger partial charge in [0, 0.05) is 74.2 Å². The maximum atomic E-state index is 18.1. The number of ether oxygens (including phenoxy) is 6. The van der Waals surface area contributed by atoms with Crippen molar-refractivity contribution in [2.45, 2.75) is 204 Å². The Kier molecular flexibility index (Phi) is 28.5. The van der Waals surface area contributed by atoms with Gasteiger partial charge < -0.3 is 38.3 Å². The Bertz CT molecular complexity index is 3730. The summed E-state index contributed by atoms with van der Waals surface area (Å²) in [6.45, 7) is 8.15. The molecule has 2 aromatic heterocycles. The fraction of sp³-hybridized carbons (Fsp3) is 0.520. The van der Waals surface area contributed by atoms with Crippen molar-refractivity contribution in [2.75, 3.05) is 46.3 Å². The van der Waals surface area contributed by atoms with Crippen molar-refractivity contribution in [3.63, 3.8) is 0 Å². The summed E-state index contributed by atoms with van der Waals surface area (Å²) in [5.41, 5.74) is -2.75. The predicted octanol–water partition coefficient (Wildman–Crippen LogP) is 13.1. The van der Waals surface area contributed by atoms with Crippen LogP contribution in [0.4, 0.5) is 10.2 Å². The molecule has 0 radical (unpaired) electrons. The SMILES string of the molecule is CCCCCCCCCCCCCCCCC(=O)N(C[C@H]1O[C@@H](n2ccc(=O)[nH]c2=O)[C@H](F)[C@@H]1N(CCC#N)P(=O)(C(C)C)C(C)C)C(=O)C[C@H]1[C@@H](OC)[C@H](n2ccc(NC(=O)c3ccccc3)nc2=O)O[C@@H]1COC(c1ccccc1)(c1ccc(OC)cc1)c1ccc(OC)cc1. The molecule has 2 fully saturated rings. The molecule has 2 aliphatic rings. The average Bonchev–Trinajstić information content (AvgIpc) is 1.61. The molecule has 21 nitrogen and oxygen atoms in total. The number of H-pyrrole nitrogens is 1. The number of hydrogen-bond acceptors (Lipinski definition) is 15. The van der Waals surface area contributed by atoms with Gasteiger partial charge in [0.05, 0.1) is 51.7 Å². The van der Waals surface area contributed by atoms with Gasteiger partial charge in [0.25, 0.3) is 11.5 Å². The molecule has 98 heavy (non-hydrogen) atoms. The number of benzene rings is 4. The van der Waals surface area contributed by atoms with Gasteiger partial charge in [-0.25, -0.2) is 18.6 Å². The van der Waals surface area contributed by atoms with E-state index in [-0.39, 0.29) is 31.8 Å². The highest BCUT2D eigenvalue weighted by atomic mass is 31.2. The number of alkyl halides is 1. The summed E-state index contributed by atoms with van der Waals surface area (Å²) >= 11 is 0. The molecule has 0 bridgehead atoms. The van der Waals surface area contributed by atoms with Gasteiger partial charge in [-0.3, -0.25) is 38.2 Å². The van der Waals surface area contributed by atoms with Crippen LogP contribution in [0, 0.1) is 17.2 Å². The molecule has 0 spiro atoms. The third kappa shape index (κ3) is 18.5. The lowest BCUT2D eigenvalue weighted by atomic mass is 9.79. The Morgan fingerprint density at radius 2 is 1.22 bits per heavy atom. The van der Waals surface area contributed by atoms with Crippen LogP contribution in [-0.2, 0) is 38.7 Å².